The molecule has 2 aliphatic heterocycles. The second-order valence-electron chi connectivity index (χ2n) is 5.44. The topological polar surface area (TPSA) is 57.2 Å². The number of rotatable bonds is 3. The van der Waals surface area contributed by atoms with E-state index >= 15 is 0 Å². The fourth-order valence-corrected chi connectivity index (χ4v) is 3.06. The van der Waals surface area contributed by atoms with E-state index in [2.05, 4.69) is 0 Å². The lowest BCUT2D eigenvalue weighted by atomic mass is 10.0. The van der Waals surface area contributed by atoms with E-state index in [0.29, 0.717) is 56.2 Å². The summed E-state index contributed by atoms with van der Waals surface area (Å²) in [6.45, 7) is 2.49. The van der Waals surface area contributed by atoms with E-state index in [1.165, 1.54) is 0 Å². The first-order chi connectivity index (χ1) is 10.7. The first-order valence-electron chi connectivity index (χ1n) is 7.47. The molecule has 1 amide bonds. The Balaban J connectivity index is 1.75. The van der Waals surface area contributed by atoms with Crippen molar-refractivity contribution in [3.63, 3.8) is 0 Å². The fraction of sp³-hybridized carbons (Fsp3) is 0.562. The molecule has 0 atom stereocenters. The number of hydrogen-bond donors (Lipinski definition) is 0. The lowest BCUT2D eigenvalue weighted by Gasteiger charge is -2.37. The number of carbonyl (C=O) groups excluding carboxylic acids is 1. The molecule has 0 saturated carbocycles. The quantitative estimate of drug-likeness (QED) is 0.850. The summed E-state index contributed by atoms with van der Waals surface area (Å²) in [6, 6.07) is 5.33. The molecule has 22 heavy (non-hydrogen) atoms. The first kappa shape index (κ1) is 15.1. The van der Waals surface area contributed by atoms with E-state index in [1.807, 2.05) is 4.90 Å². The van der Waals surface area contributed by atoms with Crippen molar-refractivity contribution in [2.75, 3.05) is 40.5 Å². The fourth-order valence-electron chi connectivity index (χ4n) is 3.06. The van der Waals surface area contributed by atoms with Crippen molar-refractivity contribution in [2.45, 2.75) is 18.6 Å². The van der Waals surface area contributed by atoms with Crippen molar-refractivity contribution in [3.05, 3.63) is 23.8 Å². The lowest BCUT2D eigenvalue weighted by Crippen LogP contribution is -2.47. The number of piperidine rings is 1. The molecule has 0 N–H and O–H groups in total. The molecule has 1 aromatic carbocycles. The van der Waals surface area contributed by atoms with Crippen LogP contribution in [0, 0.1) is 0 Å². The SMILES string of the molecule is COc1cccc(C(=O)N2CCC3(CC2)OCCO3)c1OC. The van der Waals surface area contributed by atoms with Gasteiger partial charge >= 0.3 is 0 Å². The summed E-state index contributed by atoms with van der Waals surface area (Å²) >= 11 is 0. The molecule has 2 fully saturated rings. The van der Waals surface area contributed by atoms with Gasteiger partial charge in [-0.2, -0.15) is 0 Å². The van der Waals surface area contributed by atoms with E-state index in [-0.39, 0.29) is 5.91 Å². The molecule has 3 rings (SSSR count). The average molecular weight is 307 g/mol. The zero-order chi connectivity index (χ0) is 15.6. The summed E-state index contributed by atoms with van der Waals surface area (Å²) in [4.78, 5) is 14.6. The van der Waals surface area contributed by atoms with E-state index in [4.69, 9.17) is 18.9 Å². The van der Waals surface area contributed by atoms with Crippen LogP contribution in [-0.4, -0.2) is 57.1 Å². The minimum atomic E-state index is -0.477. The largest absolute Gasteiger partial charge is 0.493 e. The summed E-state index contributed by atoms with van der Waals surface area (Å²) in [7, 11) is 3.10. The second kappa shape index (κ2) is 6.14. The Morgan fingerprint density at radius 2 is 1.82 bits per heavy atom. The van der Waals surface area contributed by atoms with Crippen molar-refractivity contribution in [1.82, 2.24) is 4.90 Å². The van der Waals surface area contributed by atoms with Crippen LogP contribution >= 0.6 is 0 Å². The molecule has 0 aliphatic carbocycles. The van der Waals surface area contributed by atoms with Crippen molar-refractivity contribution >= 4 is 5.91 Å². The zero-order valence-electron chi connectivity index (χ0n) is 13.0. The monoisotopic (exact) mass is 307 g/mol. The lowest BCUT2D eigenvalue weighted by molar-refractivity contribution is -0.181. The number of ether oxygens (including phenoxy) is 4. The standard InChI is InChI=1S/C16H21NO5/c1-19-13-5-3-4-12(14(13)20-2)15(18)17-8-6-16(7-9-17)21-10-11-22-16/h3-5H,6-11H2,1-2H3. The van der Waals surface area contributed by atoms with E-state index < -0.39 is 5.79 Å². The predicted molar refractivity (Wildman–Crippen MR) is 79.3 cm³/mol. The summed E-state index contributed by atoms with van der Waals surface area (Å²) in [5.74, 6) is 0.506. The highest BCUT2D eigenvalue weighted by molar-refractivity contribution is 5.97. The number of nitrogens with zero attached hydrogens (tertiary/aromatic N) is 1. The summed E-state index contributed by atoms with van der Waals surface area (Å²) in [5.41, 5.74) is 0.519. The Morgan fingerprint density at radius 1 is 1.14 bits per heavy atom. The molecular weight excluding hydrogens is 286 g/mol. The van der Waals surface area contributed by atoms with Crippen LogP contribution < -0.4 is 9.47 Å². The van der Waals surface area contributed by atoms with Crippen molar-refractivity contribution in [1.29, 1.82) is 0 Å². The number of hydrogen-bond acceptors (Lipinski definition) is 5. The summed E-state index contributed by atoms with van der Waals surface area (Å²) < 4.78 is 22.0. The van der Waals surface area contributed by atoms with Gasteiger partial charge in [0, 0.05) is 25.9 Å². The Bertz CT molecular complexity index is 543. The maximum absolute atomic E-state index is 12.8. The van der Waals surface area contributed by atoms with Gasteiger partial charge in [0.25, 0.3) is 5.91 Å². The number of benzene rings is 1. The highest BCUT2D eigenvalue weighted by Crippen LogP contribution is 2.34. The molecule has 2 heterocycles. The van der Waals surface area contributed by atoms with E-state index in [0.717, 1.165) is 0 Å². The maximum Gasteiger partial charge on any atom is 0.257 e. The van der Waals surface area contributed by atoms with E-state index in [9.17, 15) is 4.79 Å². The molecule has 0 aromatic heterocycles. The Morgan fingerprint density at radius 3 is 2.41 bits per heavy atom. The van der Waals surface area contributed by atoms with Gasteiger partial charge in [0.15, 0.2) is 17.3 Å². The molecule has 120 valence electrons. The number of likely N-dealkylation sites (tertiary alicyclic amines) is 1. The first-order valence-corrected chi connectivity index (χ1v) is 7.47. The second-order valence-corrected chi connectivity index (χ2v) is 5.44. The number of amides is 1. The van der Waals surface area contributed by atoms with Crippen LogP contribution in [0.15, 0.2) is 18.2 Å². The van der Waals surface area contributed by atoms with Crippen molar-refractivity contribution in [3.8, 4) is 11.5 Å². The third kappa shape index (κ3) is 2.64. The van der Waals surface area contributed by atoms with Crippen LogP contribution in [0.5, 0.6) is 11.5 Å². The van der Waals surface area contributed by atoms with E-state index in [1.54, 1.807) is 32.4 Å². The highest BCUT2D eigenvalue weighted by Gasteiger charge is 2.41. The van der Waals surface area contributed by atoms with Crippen LogP contribution in [-0.2, 0) is 9.47 Å². The Labute approximate surface area is 129 Å². The van der Waals surface area contributed by atoms with Crippen LogP contribution in [0.3, 0.4) is 0 Å². The molecule has 0 bridgehead atoms. The zero-order valence-corrected chi connectivity index (χ0v) is 13.0. The van der Waals surface area contributed by atoms with Crippen molar-refractivity contribution in [2.24, 2.45) is 0 Å². The maximum atomic E-state index is 12.8. The molecule has 2 aliphatic rings. The minimum absolute atomic E-state index is 0.0522. The van der Waals surface area contributed by atoms with Gasteiger partial charge in [-0.25, -0.2) is 0 Å². The van der Waals surface area contributed by atoms with Crippen LogP contribution in [0.25, 0.3) is 0 Å². The van der Waals surface area contributed by atoms with Gasteiger partial charge in [0.1, 0.15) is 0 Å². The van der Waals surface area contributed by atoms with Gasteiger partial charge in [-0.1, -0.05) is 6.07 Å². The normalized spacial score (nSPS) is 20.2. The molecular formula is C16H21NO5. The molecule has 0 unspecified atom stereocenters. The van der Waals surface area contributed by atoms with Gasteiger partial charge in [-0.05, 0) is 12.1 Å². The predicted octanol–water partition coefficient (Wildman–Crippen LogP) is 1.68. The third-order valence-corrected chi connectivity index (χ3v) is 4.26. The smallest absolute Gasteiger partial charge is 0.257 e. The molecule has 6 nitrogen and oxygen atoms in total. The molecule has 6 heteroatoms. The van der Waals surface area contributed by atoms with Gasteiger partial charge in [0.2, 0.25) is 0 Å². The van der Waals surface area contributed by atoms with Gasteiger partial charge in [0.05, 0.1) is 33.0 Å². The number of para-hydroxylation sites is 1. The average Bonchev–Trinajstić information content (AvgIpc) is 3.02. The van der Waals surface area contributed by atoms with Crippen molar-refractivity contribution < 1.29 is 23.7 Å². The molecule has 2 saturated heterocycles. The molecule has 1 spiro atoms. The van der Waals surface area contributed by atoms with Gasteiger partial charge in [-0.3, -0.25) is 4.79 Å². The third-order valence-electron chi connectivity index (χ3n) is 4.26. The number of methoxy groups -OCH3 is 2. The molecule has 1 aromatic rings. The van der Waals surface area contributed by atoms with Crippen LogP contribution in [0.2, 0.25) is 0 Å². The van der Waals surface area contributed by atoms with Gasteiger partial charge < -0.3 is 23.8 Å². The minimum Gasteiger partial charge on any atom is -0.493 e. The van der Waals surface area contributed by atoms with Crippen LogP contribution in [0.4, 0.5) is 0 Å². The van der Waals surface area contributed by atoms with Crippen LogP contribution in [0.1, 0.15) is 23.2 Å². The number of carbonyl (C=O) groups is 1. The van der Waals surface area contributed by atoms with Gasteiger partial charge in [-0.15, -0.1) is 0 Å². The Hall–Kier alpha value is -1.79. The summed E-state index contributed by atoms with van der Waals surface area (Å²) in [6.07, 6.45) is 1.40. The summed E-state index contributed by atoms with van der Waals surface area (Å²) in [5, 5.41) is 0. The highest BCUT2D eigenvalue weighted by atomic mass is 16.7. The molecule has 0 radical (unpaired) electrons. The Kier molecular flexibility index (Phi) is 4.22.